The summed E-state index contributed by atoms with van der Waals surface area (Å²) >= 11 is 0. The Morgan fingerprint density at radius 2 is 1.93 bits per heavy atom. The average molecular weight is 435 g/mol. The number of ether oxygens (including phenoxy) is 2. The largest absolute Gasteiger partial charge is 0.474 e. The molecule has 0 amide bonds. The van der Waals surface area contributed by atoms with Crippen molar-refractivity contribution in [3.8, 4) is 5.88 Å². The molecule has 1 unspecified atom stereocenters. The molecule has 3 aliphatic rings. The van der Waals surface area contributed by atoms with Gasteiger partial charge in [-0.05, 0) is 60.8 Å². The number of aliphatic hydroxyl groups excluding tert-OH is 1. The van der Waals surface area contributed by atoms with Crippen LogP contribution in [0.4, 0.5) is 5.69 Å². The summed E-state index contributed by atoms with van der Waals surface area (Å²) in [5.74, 6) is 0.157. The van der Waals surface area contributed by atoms with Crippen molar-refractivity contribution < 1.29 is 23.0 Å². The molecule has 0 bridgehead atoms. The fourth-order valence-electron chi connectivity index (χ4n) is 4.74. The number of nitrogens with one attached hydrogen (secondary N) is 2. The highest BCUT2D eigenvalue weighted by Gasteiger charge is 2.32. The molecule has 10 heteroatoms. The molecule has 1 aliphatic heterocycles. The maximum Gasteiger partial charge on any atom is 0.251 e. The molecular weight excluding hydrogens is 408 g/mol. The van der Waals surface area contributed by atoms with Crippen molar-refractivity contribution in [3.63, 3.8) is 0 Å². The molecule has 2 heterocycles. The predicted molar refractivity (Wildman–Crippen MR) is 109 cm³/mol. The second-order valence-corrected chi connectivity index (χ2v) is 9.75. The molecule has 1 aromatic carbocycles. The van der Waals surface area contributed by atoms with E-state index in [-0.39, 0.29) is 23.5 Å². The first-order valence-electron chi connectivity index (χ1n) is 10.3. The minimum Gasteiger partial charge on any atom is -0.474 e. The van der Waals surface area contributed by atoms with Gasteiger partial charge in [-0.25, -0.2) is 13.1 Å². The molecule has 2 atom stereocenters. The second kappa shape index (κ2) is 7.52. The number of methoxy groups -OCH3 is 1. The van der Waals surface area contributed by atoms with Gasteiger partial charge in [0.15, 0.2) is 11.2 Å². The number of anilines is 1. The van der Waals surface area contributed by atoms with Crippen LogP contribution in [0.5, 0.6) is 5.88 Å². The highest BCUT2D eigenvalue weighted by atomic mass is 32.2. The number of hydrogen-bond donors (Lipinski definition) is 3. The van der Waals surface area contributed by atoms with E-state index < -0.39 is 16.4 Å². The Balaban J connectivity index is 1.37. The maximum absolute atomic E-state index is 12.9. The van der Waals surface area contributed by atoms with Gasteiger partial charge >= 0.3 is 0 Å². The Labute approximate surface area is 175 Å². The second-order valence-electron chi connectivity index (χ2n) is 8.07. The lowest BCUT2D eigenvalue weighted by Gasteiger charge is -2.24. The summed E-state index contributed by atoms with van der Waals surface area (Å²) in [5, 5.41) is 17.7. The van der Waals surface area contributed by atoms with Gasteiger partial charge in [-0.15, -0.1) is 0 Å². The Bertz CT molecular complexity index is 1050. The molecule has 3 N–H and O–H groups in total. The normalized spacial score (nSPS) is 20.9. The lowest BCUT2D eigenvalue weighted by atomic mass is 9.99. The first kappa shape index (κ1) is 19.8. The first-order chi connectivity index (χ1) is 14.5. The van der Waals surface area contributed by atoms with Gasteiger partial charge in [0.25, 0.3) is 10.0 Å². The quantitative estimate of drug-likeness (QED) is 0.580. The van der Waals surface area contributed by atoms with Crippen LogP contribution in [0, 0.1) is 0 Å². The number of aryl methyl sites for hydroxylation is 2. The average Bonchev–Trinajstić information content (AvgIpc) is 3.45. The van der Waals surface area contributed by atoms with Crippen LogP contribution in [0.25, 0.3) is 0 Å². The third kappa shape index (κ3) is 3.37. The number of nitrogens with zero attached hydrogens (tertiary/aromatic N) is 2. The van der Waals surface area contributed by atoms with Gasteiger partial charge in [0.2, 0.25) is 5.88 Å². The van der Waals surface area contributed by atoms with E-state index in [0.29, 0.717) is 6.54 Å². The molecule has 30 heavy (non-hydrogen) atoms. The standard InChI is InChI=1S/C20H26N4O5S/c1-28-14-10-24-19(29-11-14)17(9-21-24)30(26,27)23-20(25)22-18-15-6-2-4-12(15)8-13-5-3-7-16(13)18/h8-9,14,20,22-23,25H,2-7,10-11H2,1H3/t14-,20?/m1/s1. The molecule has 0 radical (unpaired) electrons. The number of hydrogen-bond acceptors (Lipinski definition) is 7. The fourth-order valence-corrected chi connectivity index (χ4v) is 5.80. The van der Waals surface area contributed by atoms with Crippen molar-refractivity contribution in [2.75, 3.05) is 19.0 Å². The summed E-state index contributed by atoms with van der Waals surface area (Å²) in [6.45, 7) is 0.651. The van der Waals surface area contributed by atoms with E-state index in [9.17, 15) is 13.5 Å². The summed E-state index contributed by atoms with van der Waals surface area (Å²) in [6.07, 6.45) is 5.69. The van der Waals surface area contributed by atoms with Gasteiger partial charge in [-0.1, -0.05) is 6.07 Å². The number of aliphatic hydroxyl groups is 1. The van der Waals surface area contributed by atoms with E-state index in [1.54, 1.807) is 7.11 Å². The number of fused-ring (bicyclic) bond motifs is 3. The zero-order valence-electron chi connectivity index (χ0n) is 16.8. The Hall–Kier alpha value is -2.14. The monoisotopic (exact) mass is 434 g/mol. The molecule has 2 aromatic rings. The van der Waals surface area contributed by atoms with Crippen LogP contribution in [0.2, 0.25) is 0 Å². The van der Waals surface area contributed by atoms with Crippen LogP contribution in [-0.2, 0) is 47.0 Å². The third-order valence-corrected chi connectivity index (χ3v) is 7.58. The van der Waals surface area contributed by atoms with E-state index in [1.807, 2.05) is 0 Å². The minimum atomic E-state index is -4.04. The summed E-state index contributed by atoms with van der Waals surface area (Å²) < 4.78 is 40.4. The highest BCUT2D eigenvalue weighted by molar-refractivity contribution is 7.89. The van der Waals surface area contributed by atoms with Crippen molar-refractivity contribution >= 4 is 15.7 Å². The molecule has 0 saturated carbocycles. The summed E-state index contributed by atoms with van der Waals surface area (Å²) in [6, 6.07) is 2.29. The van der Waals surface area contributed by atoms with E-state index in [1.165, 1.54) is 33.1 Å². The number of sulfonamides is 1. The molecular formula is C20H26N4O5S. The fraction of sp³-hybridized carbons (Fsp3) is 0.550. The van der Waals surface area contributed by atoms with Gasteiger partial charge in [0.05, 0.1) is 12.7 Å². The first-order valence-corrected chi connectivity index (χ1v) is 11.8. The topological polar surface area (TPSA) is 115 Å². The molecule has 0 fully saturated rings. The zero-order chi connectivity index (χ0) is 20.9. The van der Waals surface area contributed by atoms with Crippen molar-refractivity contribution in [2.24, 2.45) is 0 Å². The van der Waals surface area contributed by atoms with Crippen LogP contribution in [0.15, 0.2) is 17.2 Å². The molecule has 1 aromatic heterocycles. The number of aromatic nitrogens is 2. The molecule has 9 nitrogen and oxygen atoms in total. The van der Waals surface area contributed by atoms with Crippen LogP contribution in [0.1, 0.15) is 35.1 Å². The van der Waals surface area contributed by atoms with E-state index in [2.05, 4.69) is 21.2 Å². The molecule has 0 spiro atoms. The lowest BCUT2D eigenvalue weighted by molar-refractivity contribution is 0.0165. The predicted octanol–water partition coefficient (Wildman–Crippen LogP) is 0.934. The summed E-state index contributed by atoms with van der Waals surface area (Å²) in [5.41, 5.74) is 5.90. The van der Waals surface area contributed by atoms with Gasteiger partial charge in [0, 0.05) is 12.8 Å². The molecule has 0 saturated heterocycles. The van der Waals surface area contributed by atoms with E-state index in [0.717, 1.165) is 44.2 Å². The van der Waals surface area contributed by atoms with E-state index in [4.69, 9.17) is 9.47 Å². The number of benzene rings is 1. The highest BCUT2D eigenvalue weighted by Crippen LogP contribution is 2.38. The van der Waals surface area contributed by atoms with E-state index >= 15 is 0 Å². The zero-order valence-corrected chi connectivity index (χ0v) is 17.7. The Morgan fingerprint density at radius 3 is 2.60 bits per heavy atom. The summed E-state index contributed by atoms with van der Waals surface area (Å²) in [7, 11) is -2.47. The lowest BCUT2D eigenvalue weighted by Crippen LogP contribution is -2.41. The SMILES string of the molecule is CO[C@H]1COc2c(S(=O)(=O)NC(O)Nc3c4c(cc5c3CCC5)CCC4)cnn2C1. The minimum absolute atomic E-state index is 0.0959. The smallest absolute Gasteiger partial charge is 0.251 e. The number of rotatable bonds is 6. The Kier molecular flexibility index (Phi) is 4.97. The molecule has 5 rings (SSSR count). The van der Waals surface area contributed by atoms with Crippen molar-refractivity contribution in [1.29, 1.82) is 0 Å². The van der Waals surface area contributed by atoms with Crippen LogP contribution in [0.3, 0.4) is 0 Å². The van der Waals surface area contributed by atoms with Crippen LogP contribution < -0.4 is 14.8 Å². The van der Waals surface area contributed by atoms with Gasteiger partial charge in [0.1, 0.15) is 12.7 Å². The van der Waals surface area contributed by atoms with Crippen molar-refractivity contribution in [3.05, 3.63) is 34.5 Å². The van der Waals surface area contributed by atoms with Crippen LogP contribution >= 0.6 is 0 Å². The molecule has 2 aliphatic carbocycles. The van der Waals surface area contributed by atoms with Gasteiger partial charge < -0.3 is 19.9 Å². The van der Waals surface area contributed by atoms with Crippen molar-refractivity contribution in [1.82, 2.24) is 14.5 Å². The van der Waals surface area contributed by atoms with Gasteiger partial charge in [-0.2, -0.15) is 9.82 Å². The summed E-state index contributed by atoms with van der Waals surface area (Å²) in [4.78, 5) is -0.0959. The van der Waals surface area contributed by atoms with Gasteiger partial charge in [-0.3, -0.25) is 0 Å². The maximum atomic E-state index is 12.9. The van der Waals surface area contributed by atoms with Crippen molar-refractivity contribution in [2.45, 2.75) is 62.4 Å². The van der Waals surface area contributed by atoms with Crippen LogP contribution in [-0.4, -0.2) is 49.5 Å². The Morgan fingerprint density at radius 1 is 1.23 bits per heavy atom. The molecule has 162 valence electrons. The third-order valence-electron chi connectivity index (χ3n) is 6.19.